The van der Waals surface area contributed by atoms with Crippen LogP contribution < -0.4 is 5.32 Å². The maximum atomic E-state index is 13.0. The number of aromatic nitrogens is 1. The zero-order valence-electron chi connectivity index (χ0n) is 11.0. The Morgan fingerprint density at radius 2 is 2.17 bits per heavy atom. The molecule has 98 valence electrons. The van der Waals surface area contributed by atoms with Crippen molar-refractivity contribution in [2.24, 2.45) is 0 Å². The van der Waals surface area contributed by atoms with Gasteiger partial charge in [0.25, 0.3) is 0 Å². The number of halogens is 1. The van der Waals surface area contributed by atoms with Crippen molar-refractivity contribution in [3.05, 3.63) is 35.8 Å². The number of carbonyl (C=O) groups is 1. The van der Waals surface area contributed by atoms with Crippen LogP contribution in [0.25, 0.3) is 10.9 Å². The Hall–Kier alpha value is -1.68. The third-order valence-corrected chi connectivity index (χ3v) is 2.70. The molecule has 0 radical (unpaired) electrons. The number of nitrogens with one attached hydrogen (secondary N) is 2. The largest absolute Gasteiger partial charge is 0.361 e. The van der Waals surface area contributed by atoms with Crippen molar-refractivity contribution in [1.29, 1.82) is 0 Å². The lowest BCUT2D eigenvalue weighted by molar-refractivity contribution is -0.109. The van der Waals surface area contributed by atoms with Crippen LogP contribution in [-0.4, -0.2) is 24.4 Å². The monoisotopic (exact) mass is 250 g/mol. The molecule has 0 aliphatic heterocycles. The Labute approximate surface area is 106 Å². The quantitative estimate of drug-likeness (QED) is 0.819. The first-order valence-electron chi connectivity index (χ1n) is 6.12. The van der Waals surface area contributed by atoms with Gasteiger partial charge in [-0.05, 0) is 37.2 Å². The SMILES string of the molecule is CC.CNC(C=O)Cc1c[nH]c2cc(F)ccc12. The molecule has 1 unspecified atom stereocenters. The Morgan fingerprint density at radius 3 is 2.78 bits per heavy atom. The molecule has 1 aromatic heterocycles. The van der Waals surface area contributed by atoms with Gasteiger partial charge in [0, 0.05) is 17.1 Å². The summed E-state index contributed by atoms with van der Waals surface area (Å²) >= 11 is 0. The zero-order chi connectivity index (χ0) is 13.5. The van der Waals surface area contributed by atoms with Gasteiger partial charge in [0.1, 0.15) is 12.1 Å². The van der Waals surface area contributed by atoms with Crippen molar-refractivity contribution in [2.75, 3.05) is 7.05 Å². The highest BCUT2D eigenvalue weighted by Gasteiger charge is 2.10. The van der Waals surface area contributed by atoms with Crippen molar-refractivity contribution < 1.29 is 9.18 Å². The second-order valence-electron chi connectivity index (χ2n) is 3.74. The molecule has 1 atom stereocenters. The Balaban J connectivity index is 0.000000771. The Kier molecular flexibility index (Phi) is 5.52. The van der Waals surface area contributed by atoms with Crippen molar-refractivity contribution in [3.8, 4) is 0 Å². The van der Waals surface area contributed by atoms with E-state index in [2.05, 4.69) is 10.3 Å². The van der Waals surface area contributed by atoms with Crippen LogP contribution in [-0.2, 0) is 11.2 Å². The fraction of sp³-hybridized carbons (Fsp3) is 0.357. The van der Waals surface area contributed by atoms with Crippen LogP contribution >= 0.6 is 0 Å². The normalized spacial score (nSPS) is 11.8. The first-order valence-corrected chi connectivity index (χ1v) is 6.12. The van der Waals surface area contributed by atoms with Gasteiger partial charge in [-0.15, -0.1) is 0 Å². The number of likely N-dealkylation sites (N-methyl/N-ethyl adjacent to an activating group) is 1. The highest BCUT2D eigenvalue weighted by Crippen LogP contribution is 2.20. The number of benzene rings is 1. The summed E-state index contributed by atoms with van der Waals surface area (Å²) in [7, 11) is 1.74. The first-order chi connectivity index (χ1) is 8.74. The van der Waals surface area contributed by atoms with E-state index < -0.39 is 0 Å². The summed E-state index contributed by atoms with van der Waals surface area (Å²) < 4.78 is 13.0. The van der Waals surface area contributed by atoms with E-state index >= 15 is 0 Å². The summed E-state index contributed by atoms with van der Waals surface area (Å²) in [6.07, 6.45) is 3.30. The maximum Gasteiger partial charge on any atom is 0.137 e. The topological polar surface area (TPSA) is 44.9 Å². The van der Waals surface area contributed by atoms with Gasteiger partial charge >= 0.3 is 0 Å². The lowest BCUT2D eigenvalue weighted by atomic mass is 10.1. The molecule has 0 fully saturated rings. The van der Waals surface area contributed by atoms with Gasteiger partial charge in [-0.2, -0.15) is 0 Å². The number of carbonyl (C=O) groups excluding carboxylic acids is 1. The third kappa shape index (κ3) is 3.17. The summed E-state index contributed by atoms with van der Waals surface area (Å²) in [5.41, 5.74) is 1.78. The van der Waals surface area contributed by atoms with Crippen LogP contribution in [0.15, 0.2) is 24.4 Å². The highest BCUT2D eigenvalue weighted by atomic mass is 19.1. The fourth-order valence-electron chi connectivity index (χ4n) is 1.78. The van der Waals surface area contributed by atoms with Gasteiger partial charge in [0.2, 0.25) is 0 Å². The zero-order valence-corrected chi connectivity index (χ0v) is 11.0. The van der Waals surface area contributed by atoms with E-state index in [1.165, 1.54) is 12.1 Å². The third-order valence-electron chi connectivity index (χ3n) is 2.70. The molecule has 1 aromatic carbocycles. The van der Waals surface area contributed by atoms with Crippen molar-refractivity contribution >= 4 is 17.2 Å². The molecule has 2 N–H and O–H groups in total. The number of aromatic amines is 1. The lowest BCUT2D eigenvalue weighted by Crippen LogP contribution is -2.28. The van der Waals surface area contributed by atoms with Gasteiger partial charge in [-0.25, -0.2) is 4.39 Å². The number of hydrogen-bond donors (Lipinski definition) is 2. The van der Waals surface area contributed by atoms with Crippen molar-refractivity contribution in [1.82, 2.24) is 10.3 Å². The van der Waals surface area contributed by atoms with E-state index in [0.29, 0.717) is 6.42 Å². The molecule has 0 saturated carbocycles. The first kappa shape index (κ1) is 14.4. The molecular weight excluding hydrogens is 231 g/mol. The standard InChI is InChI=1S/C12H13FN2O.C2H6/c1-14-10(7-16)4-8-6-15-12-5-9(13)2-3-11(8)12;1-2/h2-3,5-7,10,14-15H,4H2,1H3;1-2H3. The van der Waals surface area contributed by atoms with E-state index in [9.17, 15) is 9.18 Å². The van der Waals surface area contributed by atoms with Crippen LogP contribution in [0.2, 0.25) is 0 Å². The molecule has 0 bridgehead atoms. The second kappa shape index (κ2) is 6.91. The molecular formula is C14H19FN2O. The van der Waals surface area contributed by atoms with E-state index in [1.807, 2.05) is 20.0 Å². The predicted molar refractivity (Wildman–Crippen MR) is 72.2 cm³/mol. The summed E-state index contributed by atoms with van der Waals surface area (Å²) in [5, 5.41) is 3.87. The molecule has 1 heterocycles. The highest BCUT2D eigenvalue weighted by molar-refractivity contribution is 5.83. The maximum absolute atomic E-state index is 13.0. The van der Waals surface area contributed by atoms with Crippen LogP contribution in [0, 0.1) is 5.82 Å². The summed E-state index contributed by atoms with van der Waals surface area (Å²) in [6, 6.07) is 4.40. The van der Waals surface area contributed by atoms with Gasteiger partial charge < -0.3 is 15.1 Å². The number of hydrogen-bond acceptors (Lipinski definition) is 2. The number of fused-ring (bicyclic) bond motifs is 1. The van der Waals surface area contributed by atoms with Gasteiger partial charge in [-0.1, -0.05) is 13.8 Å². The molecule has 0 aliphatic rings. The Bertz CT molecular complexity index is 507. The fourth-order valence-corrected chi connectivity index (χ4v) is 1.78. The minimum absolute atomic E-state index is 0.205. The molecule has 0 saturated heterocycles. The number of rotatable bonds is 4. The molecule has 18 heavy (non-hydrogen) atoms. The Morgan fingerprint density at radius 1 is 1.44 bits per heavy atom. The van der Waals surface area contributed by atoms with E-state index in [0.717, 1.165) is 22.8 Å². The lowest BCUT2D eigenvalue weighted by Gasteiger charge is -2.07. The average Bonchev–Trinajstić information content (AvgIpc) is 2.80. The number of H-pyrrole nitrogens is 1. The van der Waals surface area contributed by atoms with E-state index in [1.54, 1.807) is 13.1 Å². The number of aldehydes is 1. The second-order valence-corrected chi connectivity index (χ2v) is 3.74. The minimum atomic E-state index is -0.263. The van der Waals surface area contributed by atoms with Gasteiger partial charge in [0.15, 0.2) is 0 Å². The molecule has 4 heteroatoms. The molecule has 0 amide bonds. The van der Waals surface area contributed by atoms with Crippen molar-refractivity contribution in [3.63, 3.8) is 0 Å². The summed E-state index contributed by atoms with van der Waals surface area (Å²) in [6.45, 7) is 4.00. The van der Waals surface area contributed by atoms with Crippen LogP contribution in [0.1, 0.15) is 19.4 Å². The van der Waals surface area contributed by atoms with Gasteiger partial charge in [0.05, 0.1) is 6.04 Å². The van der Waals surface area contributed by atoms with Crippen molar-refractivity contribution in [2.45, 2.75) is 26.3 Å². The smallest absolute Gasteiger partial charge is 0.137 e. The minimum Gasteiger partial charge on any atom is -0.361 e. The van der Waals surface area contributed by atoms with Crippen LogP contribution in [0.4, 0.5) is 4.39 Å². The van der Waals surface area contributed by atoms with Crippen LogP contribution in [0.3, 0.4) is 0 Å². The molecule has 2 rings (SSSR count). The van der Waals surface area contributed by atoms with E-state index in [-0.39, 0.29) is 11.9 Å². The average molecular weight is 250 g/mol. The van der Waals surface area contributed by atoms with Gasteiger partial charge in [-0.3, -0.25) is 0 Å². The molecule has 0 aliphatic carbocycles. The molecule has 0 spiro atoms. The van der Waals surface area contributed by atoms with E-state index in [4.69, 9.17) is 0 Å². The molecule has 2 aromatic rings. The predicted octanol–water partition coefficient (Wildman–Crippen LogP) is 2.66. The molecule has 3 nitrogen and oxygen atoms in total. The summed E-state index contributed by atoms with van der Waals surface area (Å²) in [5.74, 6) is -0.263. The summed E-state index contributed by atoms with van der Waals surface area (Å²) in [4.78, 5) is 13.7. The van der Waals surface area contributed by atoms with Crippen LogP contribution in [0.5, 0.6) is 0 Å².